The van der Waals surface area contributed by atoms with E-state index in [4.69, 9.17) is 57.9 Å². The summed E-state index contributed by atoms with van der Waals surface area (Å²) in [4.78, 5) is 0. The third-order valence-corrected chi connectivity index (χ3v) is 10.5. The van der Waals surface area contributed by atoms with Crippen LogP contribution in [0.5, 0.6) is 0 Å². The van der Waals surface area contributed by atoms with Gasteiger partial charge in [-0.1, -0.05) is 145 Å². The molecule has 0 fully saturated rings. The Morgan fingerprint density at radius 3 is 0.923 bits per heavy atom. The van der Waals surface area contributed by atoms with Crippen LogP contribution in [0.3, 0.4) is 0 Å². The molecule has 0 amide bonds. The molecule has 0 radical (unpaired) electrons. The topological polar surface area (TPSA) is 52.0 Å². The molecule has 0 saturated carbocycles. The van der Waals surface area contributed by atoms with Crippen molar-refractivity contribution in [3.05, 3.63) is 199 Å². The number of halogens is 4. The summed E-state index contributed by atoms with van der Waals surface area (Å²) >= 11 is 26.8. The number of hydrogen-bond donors (Lipinski definition) is 2. The summed E-state index contributed by atoms with van der Waals surface area (Å²) in [5.41, 5.74) is 25.2. The Balaban J connectivity index is 1.53. The predicted octanol–water partition coefficient (Wildman–Crippen LogP) is 11.8. The fourth-order valence-corrected chi connectivity index (χ4v) is 7.44. The summed E-state index contributed by atoms with van der Waals surface area (Å²) < 4.78 is 0. The number of allylic oxidation sites excluding steroid dienone is 4. The summed E-state index contributed by atoms with van der Waals surface area (Å²) in [6, 6.07) is 24.4. The fourth-order valence-electron chi connectivity index (χ4n) is 6.40. The molecular formula is C44H46B2Cl4N2. The minimum Gasteiger partial charge on any atom is -0.409 e. The maximum Gasteiger partial charge on any atom is 0.179 e. The molecule has 4 rings (SSSR count). The maximum absolute atomic E-state index is 6.89. The van der Waals surface area contributed by atoms with Crippen LogP contribution in [0.15, 0.2) is 135 Å². The number of nitrogens with two attached hydrogens (primary N) is 2. The Bertz CT molecular complexity index is 1730. The first-order valence-corrected chi connectivity index (χ1v) is 19.2. The molecule has 0 aliphatic rings. The number of benzene rings is 4. The summed E-state index contributed by atoms with van der Waals surface area (Å²) in [5.74, 6) is 0. The average molecular weight is 766 g/mol. The summed E-state index contributed by atoms with van der Waals surface area (Å²) in [5, 5.41) is 2.75. The second kappa shape index (κ2) is 20.5. The van der Waals surface area contributed by atoms with Crippen molar-refractivity contribution in [1.29, 1.82) is 0 Å². The molecule has 52 heavy (non-hydrogen) atoms. The quantitative estimate of drug-likeness (QED) is 0.0567. The monoisotopic (exact) mass is 764 g/mol. The van der Waals surface area contributed by atoms with Gasteiger partial charge in [-0.3, -0.25) is 0 Å². The molecule has 0 aromatic heterocycles. The molecule has 4 aromatic carbocycles. The predicted molar refractivity (Wildman–Crippen MR) is 235 cm³/mol. The van der Waals surface area contributed by atoms with E-state index in [-0.39, 0.29) is 0 Å². The second-order valence-electron chi connectivity index (χ2n) is 12.9. The smallest absolute Gasteiger partial charge is 0.179 e. The lowest BCUT2D eigenvalue weighted by atomic mass is 9.63. The van der Waals surface area contributed by atoms with Gasteiger partial charge in [0.2, 0.25) is 0 Å². The van der Waals surface area contributed by atoms with E-state index in [0.29, 0.717) is 45.8 Å². The zero-order valence-corrected chi connectivity index (χ0v) is 32.8. The molecule has 0 spiro atoms. The fraction of sp³-hybridized carbons (Fsp3) is 0.182. The van der Waals surface area contributed by atoms with Crippen LogP contribution in [-0.4, -0.2) is 14.6 Å². The van der Waals surface area contributed by atoms with Crippen LogP contribution in [0, 0.1) is 0 Å². The van der Waals surface area contributed by atoms with Crippen LogP contribution < -0.4 is 11.5 Å². The van der Waals surface area contributed by atoms with Crippen molar-refractivity contribution in [2.24, 2.45) is 11.5 Å². The van der Waals surface area contributed by atoms with E-state index in [1.807, 2.05) is 72.8 Å². The third-order valence-electron chi connectivity index (χ3n) is 9.11. The van der Waals surface area contributed by atoms with E-state index in [2.05, 4.69) is 50.6 Å². The van der Waals surface area contributed by atoms with Crippen molar-refractivity contribution in [2.45, 2.75) is 51.2 Å². The highest BCUT2D eigenvalue weighted by atomic mass is 35.5. The van der Waals surface area contributed by atoms with Crippen molar-refractivity contribution in [2.75, 3.05) is 0 Å². The van der Waals surface area contributed by atoms with Crippen LogP contribution in [0.1, 0.15) is 57.3 Å². The van der Waals surface area contributed by atoms with Gasteiger partial charge in [-0.05, 0) is 117 Å². The molecule has 2 nitrogen and oxygen atoms in total. The van der Waals surface area contributed by atoms with Gasteiger partial charge in [-0.25, -0.2) is 0 Å². The summed E-state index contributed by atoms with van der Waals surface area (Å²) in [6.45, 7) is 15.4. The largest absolute Gasteiger partial charge is 0.409 e. The molecule has 0 saturated heterocycles. The minimum atomic E-state index is 0.687. The average Bonchev–Trinajstić information content (AvgIpc) is 3.11. The lowest BCUT2D eigenvalue weighted by molar-refractivity contribution is 0.874. The van der Waals surface area contributed by atoms with Gasteiger partial charge in [0, 0.05) is 20.1 Å². The van der Waals surface area contributed by atoms with Crippen molar-refractivity contribution < 1.29 is 0 Å². The SMILES string of the molecule is C=CCc1ccc(C(=C(N)BCCCCBC(N)=C(c2ccc(CC=C)c(Cl)c2)c2ccc(CC=C)c(Cl)c2)c2ccc(CC=C)c(Cl)c2)cc1Cl. The molecule has 0 atom stereocenters. The van der Waals surface area contributed by atoms with Gasteiger partial charge in [-0.2, -0.15) is 0 Å². The van der Waals surface area contributed by atoms with E-state index in [1.54, 1.807) is 0 Å². The minimum absolute atomic E-state index is 0.687. The standard InChI is InChI=1S/C44H46B2Cl4N2/c1-5-11-29-15-19-33(25-37(29)47)41(34-20-16-30(12-6-2)38(48)26-34)43(51)45-23-9-10-24-46-44(52)42(35-21-17-31(13-7-3)39(49)27-35)36-22-18-32(14-8-4)40(50)28-36/h5-8,15-22,25-28,45-46H,1-4,9-14,23-24,51-52H2. The molecule has 0 aliphatic carbocycles. The zero-order valence-electron chi connectivity index (χ0n) is 29.8. The molecule has 0 aliphatic heterocycles. The molecule has 0 unspecified atom stereocenters. The molecule has 8 heteroatoms. The van der Waals surface area contributed by atoms with Gasteiger partial charge >= 0.3 is 0 Å². The molecule has 266 valence electrons. The molecule has 4 N–H and O–H groups in total. The van der Waals surface area contributed by atoms with Crippen LogP contribution in [0.4, 0.5) is 0 Å². The van der Waals surface area contributed by atoms with Crippen molar-refractivity contribution in [3.8, 4) is 0 Å². The van der Waals surface area contributed by atoms with E-state index in [1.165, 1.54) is 0 Å². The van der Waals surface area contributed by atoms with Crippen LogP contribution in [-0.2, 0) is 25.7 Å². The highest BCUT2D eigenvalue weighted by molar-refractivity contribution is 6.48. The van der Waals surface area contributed by atoms with Crippen molar-refractivity contribution >= 4 is 72.1 Å². The zero-order chi connectivity index (χ0) is 37.6. The van der Waals surface area contributed by atoms with Gasteiger partial charge in [0.05, 0.1) is 0 Å². The lowest BCUT2D eigenvalue weighted by Crippen LogP contribution is -2.12. The molecular weight excluding hydrogens is 720 g/mol. The van der Waals surface area contributed by atoms with Crippen molar-refractivity contribution in [1.82, 2.24) is 0 Å². The van der Waals surface area contributed by atoms with Gasteiger partial charge < -0.3 is 11.5 Å². The van der Waals surface area contributed by atoms with E-state index >= 15 is 0 Å². The number of hydrogen-bond acceptors (Lipinski definition) is 2. The Morgan fingerprint density at radius 2 is 0.712 bits per heavy atom. The Labute approximate surface area is 332 Å². The lowest BCUT2D eigenvalue weighted by Gasteiger charge is -2.16. The highest BCUT2D eigenvalue weighted by Crippen LogP contribution is 2.34. The van der Waals surface area contributed by atoms with E-state index in [9.17, 15) is 0 Å². The maximum atomic E-state index is 6.89. The molecule has 0 heterocycles. The number of unbranched alkanes of at least 4 members (excludes halogenated alkanes) is 1. The molecule has 0 bridgehead atoms. The summed E-state index contributed by atoms with van der Waals surface area (Å²) in [6.07, 6.45) is 14.0. The first-order chi connectivity index (χ1) is 25.1. The van der Waals surface area contributed by atoms with Gasteiger partial charge in [0.15, 0.2) is 14.6 Å². The van der Waals surface area contributed by atoms with Gasteiger partial charge in [0.1, 0.15) is 0 Å². The van der Waals surface area contributed by atoms with Crippen molar-refractivity contribution in [3.63, 3.8) is 0 Å². The van der Waals surface area contributed by atoms with Crippen LogP contribution in [0.2, 0.25) is 32.7 Å². The van der Waals surface area contributed by atoms with E-state index < -0.39 is 0 Å². The first kappa shape index (κ1) is 41.0. The first-order valence-electron chi connectivity index (χ1n) is 17.7. The highest BCUT2D eigenvalue weighted by Gasteiger charge is 2.16. The normalized spacial score (nSPS) is 10.6. The van der Waals surface area contributed by atoms with Gasteiger partial charge in [0.25, 0.3) is 0 Å². The van der Waals surface area contributed by atoms with Crippen LogP contribution >= 0.6 is 46.4 Å². The Morgan fingerprint density at radius 1 is 0.462 bits per heavy atom. The molecule has 4 aromatic rings. The Hall–Kier alpha value is -3.79. The third kappa shape index (κ3) is 10.9. The van der Waals surface area contributed by atoms with Gasteiger partial charge in [-0.15, -0.1) is 26.3 Å². The Kier molecular flexibility index (Phi) is 16.1. The van der Waals surface area contributed by atoms with Crippen LogP contribution in [0.25, 0.3) is 11.1 Å². The number of rotatable bonds is 19. The second-order valence-corrected chi connectivity index (χ2v) is 14.5. The van der Waals surface area contributed by atoms with E-state index in [0.717, 1.165) is 107 Å². The summed E-state index contributed by atoms with van der Waals surface area (Å²) in [7, 11) is 1.46.